The van der Waals surface area contributed by atoms with E-state index in [4.69, 9.17) is 5.73 Å². The molecule has 0 amide bonds. The van der Waals surface area contributed by atoms with Gasteiger partial charge in [0.1, 0.15) is 0 Å². The van der Waals surface area contributed by atoms with E-state index < -0.39 is 10.0 Å². The molecule has 13 heavy (non-hydrogen) atoms. The zero-order valence-corrected chi connectivity index (χ0v) is 8.86. The van der Waals surface area contributed by atoms with E-state index in [9.17, 15) is 8.42 Å². The van der Waals surface area contributed by atoms with Gasteiger partial charge in [-0.25, -0.2) is 13.1 Å². The summed E-state index contributed by atoms with van der Waals surface area (Å²) in [6.45, 7) is 4.10. The highest BCUT2D eigenvalue weighted by molar-refractivity contribution is 7.89. The maximum atomic E-state index is 11.1. The zero-order chi connectivity index (χ0) is 10.2. The summed E-state index contributed by atoms with van der Waals surface area (Å²) < 4.78 is 24.6. The maximum Gasteiger partial charge on any atom is 0.212 e. The molecule has 0 atom stereocenters. The standard InChI is InChI=1S/C7H19N3O2S/c1-2-10-13(11,12)7-6-9-5-3-4-8/h9-10H,2-8H2,1H3. The first-order valence-corrected chi connectivity index (χ1v) is 6.15. The molecule has 0 aliphatic rings. The minimum absolute atomic E-state index is 0.130. The Labute approximate surface area is 80.1 Å². The highest BCUT2D eigenvalue weighted by Crippen LogP contribution is 1.81. The molecule has 0 aromatic heterocycles. The molecule has 0 bridgehead atoms. The molecule has 0 radical (unpaired) electrons. The Morgan fingerprint density at radius 3 is 2.54 bits per heavy atom. The average Bonchev–Trinajstić information content (AvgIpc) is 2.04. The molecular weight excluding hydrogens is 190 g/mol. The van der Waals surface area contributed by atoms with Crippen molar-refractivity contribution in [3.8, 4) is 0 Å². The molecule has 0 aromatic rings. The highest BCUT2D eigenvalue weighted by Gasteiger charge is 2.06. The van der Waals surface area contributed by atoms with Crippen LogP contribution in [-0.2, 0) is 10.0 Å². The molecule has 0 fully saturated rings. The Balaban J connectivity index is 3.41. The van der Waals surface area contributed by atoms with Gasteiger partial charge in [0.05, 0.1) is 5.75 Å². The lowest BCUT2D eigenvalue weighted by Gasteiger charge is -2.05. The maximum absolute atomic E-state index is 11.1. The Morgan fingerprint density at radius 2 is 2.00 bits per heavy atom. The first kappa shape index (κ1) is 12.8. The highest BCUT2D eigenvalue weighted by atomic mass is 32.2. The summed E-state index contributed by atoms with van der Waals surface area (Å²) >= 11 is 0. The summed E-state index contributed by atoms with van der Waals surface area (Å²) in [6, 6.07) is 0. The van der Waals surface area contributed by atoms with Gasteiger partial charge < -0.3 is 11.1 Å². The van der Waals surface area contributed by atoms with Gasteiger partial charge in [0.25, 0.3) is 0 Å². The minimum Gasteiger partial charge on any atom is -0.330 e. The van der Waals surface area contributed by atoms with Crippen LogP contribution >= 0.6 is 0 Å². The normalized spacial score (nSPS) is 11.8. The number of nitrogens with two attached hydrogens (primary N) is 1. The van der Waals surface area contributed by atoms with Crippen LogP contribution in [0.25, 0.3) is 0 Å². The van der Waals surface area contributed by atoms with Crippen LogP contribution in [0.3, 0.4) is 0 Å². The van der Waals surface area contributed by atoms with Crippen molar-refractivity contribution >= 4 is 10.0 Å². The van der Waals surface area contributed by atoms with Crippen LogP contribution in [-0.4, -0.2) is 40.3 Å². The second-order valence-corrected chi connectivity index (χ2v) is 4.64. The fourth-order valence-electron chi connectivity index (χ4n) is 0.851. The molecule has 0 saturated carbocycles. The summed E-state index contributed by atoms with van der Waals surface area (Å²) in [6.07, 6.45) is 0.876. The van der Waals surface area contributed by atoms with Crippen LogP contribution in [0.1, 0.15) is 13.3 Å². The van der Waals surface area contributed by atoms with Gasteiger partial charge in [-0.3, -0.25) is 0 Å². The summed E-state index contributed by atoms with van der Waals surface area (Å²) in [7, 11) is -3.06. The van der Waals surface area contributed by atoms with E-state index in [-0.39, 0.29) is 5.75 Å². The number of hydrogen-bond acceptors (Lipinski definition) is 4. The van der Waals surface area contributed by atoms with Crippen LogP contribution in [0, 0.1) is 0 Å². The quantitative estimate of drug-likeness (QED) is 0.441. The van der Waals surface area contributed by atoms with E-state index in [2.05, 4.69) is 10.0 Å². The number of nitrogens with one attached hydrogen (secondary N) is 2. The fourth-order valence-corrected chi connectivity index (χ4v) is 1.85. The molecule has 80 valence electrons. The van der Waals surface area contributed by atoms with Crippen molar-refractivity contribution in [3.63, 3.8) is 0 Å². The van der Waals surface area contributed by atoms with Crippen LogP contribution in [0.15, 0.2) is 0 Å². The fraction of sp³-hybridized carbons (Fsp3) is 1.00. The molecule has 0 rings (SSSR count). The smallest absolute Gasteiger partial charge is 0.212 e. The van der Waals surface area contributed by atoms with E-state index in [0.29, 0.717) is 19.6 Å². The van der Waals surface area contributed by atoms with Crippen molar-refractivity contribution in [2.75, 3.05) is 31.9 Å². The van der Waals surface area contributed by atoms with E-state index in [1.165, 1.54) is 0 Å². The molecule has 4 N–H and O–H groups in total. The molecule has 0 saturated heterocycles. The van der Waals surface area contributed by atoms with E-state index >= 15 is 0 Å². The van der Waals surface area contributed by atoms with Crippen LogP contribution in [0.5, 0.6) is 0 Å². The summed E-state index contributed by atoms with van der Waals surface area (Å²) in [5.74, 6) is 0.130. The van der Waals surface area contributed by atoms with Gasteiger partial charge in [-0.15, -0.1) is 0 Å². The van der Waals surface area contributed by atoms with Crippen molar-refractivity contribution in [2.24, 2.45) is 5.73 Å². The van der Waals surface area contributed by atoms with E-state index in [1.54, 1.807) is 6.92 Å². The monoisotopic (exact) mass is 209 g/mol. The van der Waals surface area contributed by atoms with Gasteiger partial charge in [0, 0.05) is 13.1 Å². The lowest BCUT2D eigenvalue weighted by atomic mass is 10.4. The second-order valence-electron chi connectivity index (χ2n) is 2.71. The number of hydrogen-bond donors (Lipinski definition) is 3. The third-order valence-corrected chi connectivity index (χ3v) is 2.94. The number of sulfonamides is 1. The largest absolute Gasteiger partial charge is 0.330 e. The molecule has 0 spiro atoms. The Hall–Kier alpha value is -0.170. The Bertz CT molecular complexity index is 204. The lowest BCUT2D eigenvalue weighted by Crippen LogP contribution is -2.32. The summed E-state index contributed by atoms with van der Waals surface area (Å²) in [4.78, 5) is 0. The second kappa shape index (κ2) is 7.25. The van der Waals surface area contributed by atoms with Gasteiger partial charge in [-0.1, -0.05) is 6.92 Å². The topological polar surface area (TPSA) is 84.2 Å². The predicted molar refractivity (Wildman–Crippen MR) is 54.0 cm³/mol. The third kappa shape index (κ3) is 8.17. The average molecular weight is 209 g/mol. The Kier molecular flexibility index (Phi) is 7.16. The molecule has 0 unspecified atom stereocenters. The minimum atomic E-state index is -3.06. The molecule has 6 heteroatoms. The van der Waals surface area contributed by atoms with Crippen molar-refractivity contribution in [2.45, 2.75) is 13.3 Å². The molecule has 0 aliphatic heterocycles. The van der Waals surface area contributed by atoms with Crippen molar-refractivity contribution in [3.05, 3.63) is 0 Å². The van der Waals surface area contributed by atoms with Crippen LogP contribution in [0.2, 0.25) is 0 Å². The first-order valence-electron chi connectivity index (χ1n) is 4.50. The van der Waals surface area contributed by atoms with Gasteiger partial charge >= 0.3 is 0 Å². The summed E-state index contributed by atoms with van der Waals surface area (Å²) in [5.41, 5.74) is 5.27. The van der Waals surface area contributed by atoms with Crippen LogP contribution < -0.4 is 15.8 Å². The van der Waals surface area contributed by atoms with Gasteiger partial charge in [0.2, 0.25) is 10.0 Å². The first-order chi connectivity index (χ1) is 6.12. The van der Waals surface area contributed by atoms with Crippen molar-refractivity contribution < 1.29 is 8.42 Å². The van der Waals surface area contributed by atoms with Gasteiger partial charge in [-0.05, 0) is 19.5 Å². The molecule has 0 heterocycles. The third-order valence-electron chi connectivity index (χ3n) is 1.47. The van der Waals surface area contributed by atoms with Crippen LogP contribution in [0.4, 0.5) is 0 Å². The van der Waals surface area contributed by atoms with Gasteiger partial charge in [-0.2, -0.15) is 0 Å². The molecule has 5 nitrogen and oxygen atoms in total. The summed E-state index contributed by atoms with van der Waals surface area (Å²) in [5, 5.41) is 3.00. The van der Waals surface area contributed by atoms with E-state index in [1.807, 2.05) is 0 Å². The molecule has 0 aromatic carbocycles. The SMILES string of the molecule is CCNS(=O)(=O)CCNCCCN. The lowest BCUT2D eigenvalue weighted by molar-refractivity contribution is 0.578. The Morgan fingerprint density at radius 1 is 1.31 bits per heavy atom. The van der Waals surface area contributed by atoms with Crippen molar-refractivity contribution in [1.29, 1.82) is 0 Å². The van der Waals surface area contributed by atoms with Gasteiger partial charge in [0.15, 0.2) is 0 Å². The molecule has 0 aliphatic carbocycles. The zero-order valence-electron chi connectivity index (χ0n) is 8.04. The van der Waals surface area contributed by atoms with E-state index in [0.717, 1.165) is 13.0 Å². The molecular formula is C7H19N3O2S. The number of rotatable bonds is 8. The predicted octanol–water partition coefficient (Wildman–Crippen LogP) is -1.14. The van der Waals surface area contributed by atoms with Crippen molar-refractivity contribution in [1.82, 2.24) is 10.0 Å².